The maximum atomic E-state index is 12.3. The van der Waals surface area contributed by atoms with Crippen LogP contribution in [-0.4, -0.2) is 17.6 Å². The van der Waals surface area contributed by atoms with Crippen LogP contribution in [0.4, 0.5) is 5.69 Å². The highest BCUT2D eigenvalue weighted by Gasteiger charge is 2.29. The van der Waals surface area contributed by atoms with Crippen molar-refractivity contribution in [2.45, 2.75) is 26.2 Å². The number of nitriles is 1. The number of allylic oxidation sites excluding steroid dienone is 1. The minimum Gasteiger partial charge on any atom is -0.325 e. The van der Waals surface area contributed by atoms with E-state index in [0.29, 0.717) is 10.6 Å². The molecule has 1 aliphatic heterocycles. The van der Waals surface area contributed by atoms with Crippen molar-refractivity contribution in [3.05, 3.63) is 75.8 Å². The molecule has 5 nitrogen and oxygen atoms in total. The van der Waals surface area contributed by atoms with Crippen LogP contribution in [0.5, 0.6) is 0 Å². The number of nitrogens with zero attached hydrogens (tertiary/aromatic N) is 1. The van der Waals surface area contributed by atoms with Crippen molar-refractivity contribution in [1.82, 2.24) is 5.32 Å². The van der Waals surface area contributed by atoms with Gasteiger partial charge in [-0.15, -0.1) is 0 Å². The van der Waals surface area contributed by atoms with Crippen LogP contribution in [0.3, 0.4) is 0 Å². The summed E-state index contributed by atoms with van der Waals surface area (Å²) in [5.41, 5.74) is 4.33. The molecule has 0 aromatic heterocycles. The smallest absolute Gasteiger partial charge is 0.234 e. The van der Waals surface area contributed by atoms with Crippen molar-refractivity contribution < 1.29 is 9.59 Å². The molecule has 0 unspecified atom stereocenters. The number of carbonyl (C=O) groups is 2. The quantitative estimate of drug-likeness (QED) is 0.807. The fourth-order valence-electron chi connectivity index (χ4n) is 3.07. The van der Waals surface area contributed by atoms with Gasteiger partial charge in [-0.1, -0.05) is 53.7 Å². The van der Waals surface area contributed by atoms with E-state index in [9.17, 15) is 14.9 Å². The second kappa shape index (κ2) is 8.77. The standard InChI is InChI=1S/C22H21N3O2S/c1-14-6-8-16(9-7-14)18-11-20(26)25-22(19(18)12-23)28-13-21(27)24-17-5-3-4-15(2)10-17/h3-10,18H,11,13H2,1-2H3,(H,24,27)(H,25,26)/t18-/m0/s1. The largest absolute Gasteiger partial charge is 0.325 e. The number of hydrogen-bond acceptors (Lipinski definition) is 4. The number of thioether (sulfide) groups is 1. The van der Waals surface area contributed by atoms with E-state index in [-0.39, 0.29) is 29.9 Å². The van der Waals surface area contributed by atoms with Gasteiger partial charge in [-0.25, -0.2) is 0 Å². The molecule has 3 rings (SSSR count). The van der Waals surface area contributed by atoms with Gasteiger partial charge < -0.3 is 10.6 Å². The Bertz CT molecular complexity index is 974. The number of amides is 2. The molecule has 2 aromatic rings. The van der Waals surface area contributed by atoms with Crippen LogP contribution in [-0.2, 0) is 9.59 Å². The minimum absolute atomic E-state index is 0.107. The molecule has 2 N–H and O–H groups in total. The highest BCUT2D eigenvalue weighted by Crippen LogP contribution is 2.36. The summed E-state index contributed by atoms with van der Waals surface area (Å²) in [5.74, 6) is -0.519. The molecule has 0 spiro atoms. The van der Waals surface area contributed by atoms with Crippen LogP contribution in [0.1, 0.15) is 29.0 Å². The summed E-state index contributed by atoms with van der Waals surface area (Å²) in [6.45, 7) is 3.95. The van der Waals surface area contributed by atoms with Crippen LogP contribution in [0.15, 0.2) is 59.1 Å². The Morgan fingerprint density at radius 1 is 1.21 bits per heavy atom. The number of carbonyl (C=O) groups excluding carboxylic acids is 2. The average Bonchev–Trinajstić information content (AvgIpc) is 2.66. The molecule has 1 heterocycles. The van der Waals surface area contributed by atoms with Crippen molar-refractivity contribution in [3.63, 3.8) is 0 Å². The van der Waals surface area contributed by atoms with Crippen LogP contribution in [0.2, 0.25) is 0 Å². The molecule has 0 aliphatic carbocycles. The Morgan fingerprint density at radius 3 is 2.64 bits per heavy atom. The van der Waals surface area contributed by atoms with Crippen LogP contribution in [0.25, 0.3) is 0 Å². The predicted molar refractivity (Wildman–Crippen MR) is 112 cm³/mol. The van der Waals surface area contributed by atoms with E-state index in [4.69, 9.17) is 0 Å². The number of nitrogens with one attached hydrogen (secondary N) is 2. The number of anilines is 1. The molecule has 142 valence electrons. The second-order valence-corrected chi connectivity index (χ2v) is 7.76. The summed E-state index contributed by atoms with van der Waals surface area (Å²) >= 11 is 1.18. The van der Waals surface area contributed by atoms with Crippen LogP contribution >= 0.6 is 11.8 Å². The number of hydrogen-bond donors (Lipinski definition) is 2. The van der Waals surface area contributed by atoms with E-state index >= 15 is 0 Å². The van der Waals surface area contributed by atoms with Gasteiger partial charge in [-0.2, -0.15) is 5.26 Å². The van der Waals surface area contributed by atoms with Crippen molar-refractivity contribution in [1.29, 1.82) is 5.26 Å². The number of aryl methyl sites for hydroxylation is 2. The van der Waals surface area contributed by atoms with E-state index < -0.39 is 0 Å². The van der Waals surface area contributed by atoms with Gasteiger partial charge in [-0.3, -0.25) is 9.59 Å². The lowest BCUT2D eigenvalue weighted by atomic mass is 9.87. The zero-order valence-electron chi connectivity index (χ0n) is 15.8. The van der Waals surface area contributed by atoms with Gasteiger partial charge in [0, 0.05) is 18.0 Å². The molecule has 0 saturated carbocycles. The fraction of sp³-hybridized carbons (Fsp3) is 0.227. The van der Waals surface area contributed by atoms with Gasteiger partial charge in [-0.05, 0) is 37.1 Å². The monoisotopic (exact) mass is 391 g/mol. The maximum Gasteiger partial charge on any atom is 0.234 e. The summed E-state index contributed by atoms with van der Waals surface area (Å²) in [5, 5.41) is 15.7. The van der Waals surface area contributed by atoms with Crippen molar-refractivity contribution in [2.24, 2.45) is 0 Å². The topological polar surface area (TPSA) is 82.0 Å². The summed E-state index contributed by atoms with van der Waals surface area (Å²) in [6.07, 6.45) is 0.228. The molecular weight excluding hydrogens is 370 g/mol. The predicted octanol–water partition coefficient (Wildman–Crippen LogP) is 4.01. The third-order valence-corrected chi connectivity index (χ3v) is 5.50. The van der Waals surface area contributed by atoms with Gasteiger partial charge in [0.25, 0.3) is 0 Å². The first-order valence-electron chi connectivity index (χ1n) is 8.96. The molecule has 2 aromatic carbocycles. The van der Waals surface area contributed by atoms with Crippen LogP contribution < -0.4 is 10.6 Å². The van der Waals surface area contributed by atoms with Crippen molar-refractivity contribution in [2.75, 3.05) is 11.1 Å². The third kappa shape index (κ3) is 4.81. The van der Waals surface area contributed by atoms with E-state index in [1.165, 1.54) is 11.8 Å². The highest BCUT2D eigenvalue weighted by atomic mass is 32.2. The van der Waals surface area contributed by atoms with E-state index in [1.54, 1.807) is 0 Å². The minimum atomic E-state index is -0.290. The molecule has 0 radical (unpaired) electrons. The average molecular weight is 391 g/mol. The lowest BCUT2D eigenvalue weighted by Gasteiger charge is -2.25. The van der Waals surface area contributed by atoms with Crippen molar-refractivity contribution in [3.8, 4) is 6.07 Å². The Hall–Kier alpha value is -3.04. The first kappa shape index (κ1) is 19.7. The molecule has 28 heavy (non-hydrogen) atoms. The van der Waals surface area contributed by atoms with Gasteiger partial charge >= 0.3 is 0 Å². The molecule has 1 atom stereocenters. The zero-order valence-corrected chi connectivity index (χ0v) is 16.6. The molecule has 0 fully saturated rings. The molecule has 0 saturated heterocycles. The summed E-state index contributed by atoms with van der Waals surface area (Å²) in [6, 6.07) is 17.6. The van der Waals surface area contributed by atoms with Gasteiger partial charge in [0.1, 0.15) is 0 Å². The second-order valence-electron chi connectivity index (χ2n) is 6.78. The van der Waals surface area contributed by atoms with E-state index in [1.807, 2.05) is 62.4 Å². The normalized spacial score (nSPS) is 16.3. The molecule has 6 heteroatoms. The first-order chi connectivity index (χ1) is 13.5. The molecule has 0 bridgehead atoms. The Kier molecular flexibility index (Phi) is 6.17. The molecule has 2 amide bonds. The van der Waals surface area contributed by atoms with E-state index in [0.717, 1.165) is 22.4 Å². The summed E-state index contributed by atoms with van der Waals surface area (Å²) < 4.78 is 0. The molecular formula is C22H21N3O2S. The van der Waals surface area contributed by atoms with Gasteiger partial charge in [0.15, 0.2) is 0 Å². The summed E-state index contributed by atoms with van der Waals surface area (Å²) in [4.78, 5) is 24.5. The molecule has 1 aliphatic rings. The summed E-state index contributed by atoms with van der Waals surface area (Å²) in [7, 11) is 0. The Labute approximate surface area is 168 Å². The van der Waals surface area contributed by atoms with E-state index in [2.05, 4.69) is 16.7 Å². The maximum absolute atomic E-state index is 12.3. The lowest BCUT2D eigenvalue weighted by molar-refractivity contribution is -0.121. The SMILES string of the molecule is Cc1ccc([C@@H]2CC(=O)NC(SCC(=O)Nc3cccc(C)c3)=C2C#N)cc1. The Morgan fingerprint density at radius 2 is 1.96 bits per heavy atom. The highest BCUT2D eigenvalue weighted by molar-refractivity contribution is 8.03. The number of rotatable bonds is 5. The van der Waals surface area contributed by atoms with Crippen molar-refractivity contribution >= 4 is 29.3 Å². The van der Waals surface area contributed by atoms with Gasteiger partial charge in [0.2, 0.25) is 11.8 Å². The van der Waals surface area contributed by atoms with Crippen LogP contribution in [0, 0.1) is 25.2 Å². The number of benzene rings is 2. The third-order valence-electron chi connectivity index (χ3n) is 4.49. The lowest BCUT2D eigenvalue weighted by Crippen LogP contribution is -2.31. The fourth-order valence-corrected chi connectivity index (χ4v) is 3.95. The zero-order chi connectivity index (χ0) is 20.1. The Balaban J connectivity index is 1.74. The van der Waals surface area contributed by atoms with Gasteiger partial charge in [0.05, 0.1) is 22.4 Å². The first-order valence-corrected chi connectivity index (χ1v) is 9.95.